The summed E-state index contributed by atoms with van der Waals surface area (Å²) in [5.41, 5.74) is 2.26. The molecule has 126 valence electrons. The zero-order valence-electron chi connectivity index (χ0n) is 14.2. The molecule has 2 amide bonds. The van der Waals surface area contributed by atoms with Gasteiger partial charge in [-0.05, 0) is 42.7 Å². The Hall–Kier alpha value is -2.62. The van der Waals surface area contributed by atoms with Gasteiger partial charge < -0.3 is 10.6 Å². The number of benzene rings is 2. The maximum atomic E-state index is 12.1. The van der Waals surface area contributed by atoms with Crippen LogP contribution in [0.1, 0.15) is 42.6 Å². The SMILES string of the molecule is CCC(CC)NC(=O)c1ccc(NC(=O)Cc2ccccc2)cc1. The largest absolute Gasteiger partial charge is 0.349 e. The molecule has 0 bridgehead atoms. The topological polar surface area (TPSA) is 58.2 Å². The third-order valence-electron chi connectivity index (χ3n) is 3.96. The maximum Gasteiger partial charge on any atom is 0.251 e. The van der Waals surface area contributed by atoms with Crippen LogP contribution in [0, 0.1) is 0 Å². The molecule has 0 saturated heterocycles. The van der Waals surface area contributed by atoms with E-state index in [4.69, 9.17) is 0 Å². The number of hydrogen-bond donors (Lipinski definition) is 2. The van der Waals surface area contributed by atoms with Crippen LogP contribution in [-0.2, 0) is 11.2 Å². The van der Waals surface area contributed by atoms with Gasteiger partial charge in [-0.25, -0.2) is 0 Å². The average molecular weight is 324 g/mol. The van der Waals surface area contributed by atoms with Gasteiger partial charge in [0.25, 0.3) is 5.91 Å². The molecule has 0 aliphatic carbocycles. The molecule has 0 aromatic heterocycles. The molecule has 0 spiro atoms. The van der Waals surface area contributed by atoms with Crippen molar-refractivity contribution >= 4 is 17.5 Å². The highest BCUT2D eigenvalue weighted by Gasteiger charge is 2.11. The zero-order valence-corrected chi connectivity index (χ0v) is 14.2. The minimum absolute atomic E-state index is 0.0737. The van der Waals surface area contributed by atoms with Crippen molar-refractivity contribution in [2.75, 3.05) is 5.32 Å². The monoisotopic (exact) mass is 324 g/mol. The van der Waals surface area contributed by atoms with Gasteiger partial charge in [0.15, 0.2) is 0 Å². The highest BCUT2D eigenvalue weighted by atomic mass is 16.2. The molecule has 2 N–H and O–H groups in total. The normalized spacial score (nSPS) is 10.5. The fourth-order valence-electron chi connectivity index (χ4n) is 2.45. The van der Waals surface area contributed by atoms with Crippen molar-refractivity contribution in [3.8, 4) is 0 Å². The van der Waals surface area contributed by atoms with Gasteiger partial charge in [0, 0.05) is 17.3 Å². The van der Waals surface area contributed by atoms with Crippen molar-refractivity contribution in [2.24, 2.45) is 0 Å². The van der Waals surface area contributed by atoms with E-state index in [2.05, 4.69) is 24.5 Å². The lowest BCUT2D eigenvalue weighted by Crippen LogP contribution is -2.33. The third kappa shape index (κ3) is 5.23. The van der Waals surface area contributed by atoms with Crippen molar-refractivity contribution in [2.45, 2.75) is 39.2 Å². The first kappa shape index (κ1) is 17.7. The molecular weight excluding hydrogens is 300 g/mol. The van der Waals surface area contributed by atoms with Gasteiger partial charge in [-0.1, -0.05) is 44.2 Å². The van der Waals surface area contributed by atoms with Crippen LogP contribution in [0.5, 0.6) is 0 Å². The molecule has 4 heteroatoms. The van der Waals surface area contributed by atoms with E-state index in [9.17, 15) is 9.59 Å². The number of hydrogen-bond acceptors (Lipinski definition) is 2. The van der Waals surface area contributed by atoms with Crippen molar-refractivity contribution in [3.05, 3.63) is 65.7 Å². The number of rotatable bonds is 7. The molecule has 0 fully saturated rings. The standard InChI is InChI=1S/C20H24N2O2/c1-3-17(4-2)22-20(24)16-10-12-18(13-11-16)21-19(23)14-15-8-6-5-7-9-15/h5-13,17H,3-4,14H2,1-2H3,(H,21,23)(H,22,24). The Balaban J connectivity index is 1.92. The highest BCUT2D eigenvalue weighted by Crippen LogP contribution is 2.11. The summed E-state index contributed by atoms with van der Waals surface area (Å²) in [6.07, 6.45) is 2.16. The lowest BCUT2D eigenvalue weighted by molar-refractivity contribution is -0.115. The van der Waals surface area contributed by atoms with E-state index in [1.807, 2.05) is 30.3 Å². The second-order valence-corrected chi connectivity index (χ2v) is 5.77. The summed E-state index contributed by atoms with van der Waals surface area (Å²) in [6, 6.07) is 16.8. The maximum absolute atomic E-state index is 12.1. The molecule has 0 aliphatic heterocycles. The minimum atomic E-state index is -0.0779. The quantitative estimate of drug-likeness (QED) is 0.814. The average Bonchev–Trinajstić information content (AvgIpc) is 2.60. The molecule has 0 radical (unpaired) electrons. The molecule has 2 rings (SSSR count). The van der Waals surface area contributed by atoms with Crippen LogP contribution < -0.4 is 10.6 Å². The van der Waals surface area contributed by atoms with Gasteiger partial charge in [0.1, 0.15) is 0 Å². The fraction of sp³-hybridized carbons (Fsp3) is 0.300. The Morgan fingerprint density at radius 1 is 0.917 bits per heavy atom. The molecule has 0 atom stereocenters. The molecule has 24 heavy (non-hydrogen) atoms. The van der Waals surface area contributed by atoms with Gasteiger partial charge in [0.2, 0.25) is 5.91 Å². The summed E-state index contributed by atoms with van der Waals surface area (Å²) in [5.74, 6) is -0.152. The highest BCUT2D eigenvalue weighted by molar-refractivity contribution is 5.96. The van der Waals surface area contributed by atoms with Crippen molar-refractivity contribution in [3.63, 3.8) is 0 Å². The Morgan fingerprint density at radius 3 is 2.12 bits per heavy atom. The molecule has 2 aromatic carbocycles. The van der Waals surface area contributed by atoms with E-state index in [0.29, 0.717) is 17.7 Å². The number of nitrogens with one attached hydrogen (secondary N) is 2. The van der Waals surface area contributed by atoms with Gasteiger partial charge in [-0.2, -0.15) is 0 Å². The lowest BCUT2D eigenvalue weighted by Gasteiger charge is -2.14. The minimum Gasteiger partial charge on any atom is -0.349 e. The molecule has 4 nitrogen and oxygen atoms in total. The van der Waals surface area contributed by atoms with E-state index in [-0.39, 0.29) is 17.9 Å². The van der Waals surface area contributed by atoms with Gasteiger partial charge in [-0.15, -0.1) is 0 Å². The van der Waals surface area contributed by atoms with E-state index >= 15 is 0 Å². The Bertz CT molecular complexity index is 662. The van der Waals surface area contributed by atoms with E-state index in [0.717, 1.165) is 18.4 Å². The smallest absolute Gasteiger partial charge is 0.251 e. The van der Waals surface area contributed by atoms with Gasteiger partial charge >= 0.3 is 0 Å². The Morgan fingerprint density at radius 2 is 1.54 bits per heavy atom. The molecule has 0 heterocycles. The van der Waals surface area contributed by atoms with E-state index < -0.39 is 0 Å². The first-order valence-corrected chi connectivity index (χ1v) is 8.37. The third-order valence-corrected chi connectivity index (χ3v) is 3.96. The summed E-state index contributed by atoms with van der Waals surface area (Å²) < 4.78 is 0. The van der Waals surface area contributed by atoms with Crippen LogP contribution in [0.4, 0.5) is 5.69 Å². The summed E-state index contributed by atoms with van der Waals surface area (Å²) in [7, 11) is 0. The zero-order chi connectivity index (χ0) is 17.4. The molecule has 2 aromatic rings. The van der Waals surface area contributed by atoms with Crippen molar-refractivity contribution < 1.29 is 9.59 Å². The van der Waals surface area contributed by atoms with Crippen LogP contribution >= 0.6 is 0 Å². The molecule has 0 unspecified atom stereocenters. The van der Waals surface area contributed by atoms with Crippen molar-refractivity contribution in [1.29, 1.82) is 0 Å². The predicted molar refractivity (Wildman–Crippen MR) is 97.1 cm³/mol. The molecule has 0 saturated carbocycles. The first-order valence-electron chi connectivity index (χ1n) is 8.37. The van der Waals surface area contributed by atoms with Gasteiger partial charge in [-0.3, -0.25) is 9.59 Å². The predicted octanol–water partition coefficient (Wildman–Crippen LogP) is 3.79. The van der Waals surface area contributed by atoms with Crippen LogP contribution in [0.3, 0.4) is 0 Å². The van der Waals surface area contributed by atoms with E-state index in [1.165, 1.54) is 0 Å². The second-order valence-electron chi connectivity index (χ2n) is 5.77. The lowest BCUT2D eigenvalue weighted by atomic mass is 10.1. The first-order chi connectivity index (χ1) is 11.6. The summed E-state index contributed by atoms with van der Waals surface area (Å²) in [5, 5.41) is 5.85. The van der Waals surface area contributed by atoms with Crippen LogP contribution in [0.2, 0.25) is 0 Å². The van der Waals surface area contributed by atoms with Gasteiger partial charge in [0.05, 0.1) is 6.42 Å². The number of carbonyl (C=O) groups excluding carboxylic acids is 2. The fourth-order valence-corrected chi connectivity index (χ4v) is 2.45. The molecule has 0 aliphatic rings. The van der Waals surface area contributed by atoms with Crippen LogP contribution in [0.15, 0.2) is 54.6 Å². The number of amides is 2. The number of carbonyl (C=O) groups is 2. The number of anilines is 1. The summed E-state index contributed by atoms with van der Waals surface area (Å²) >= 11 is 0. The summed E-state index contributed by atoms with van der Waals surface area (Å²) in [4.78, 5) is 24.2. The van der Waals surface area contributed by atoms with Crippen LogP contribution in [0.25, 0.3) is 0 Å². The summed E-state index contributed by atoms with van der Waals surface area (Å²) in [6.45, 7) is 4.11. The van der Waals surface area contributed by atoms with Crippen LogP contribution in [-0.4, -0.2) is 17.9 Å². The molecular formula is C20H24N2O2. The Labute approximate surface area is 143 Å². The van der Waals surface area contributed by atoms with E-state index in [1.54, 1.807) is 24.3 Å². The second kappa shape index (κ2) is 8.87. The Kier molecular flexibility index (Phi) is 6.55. The van der Waals surface area contributed by atoms with Crippen molar-refractivity contribution in [1.82, 2.24) is 5.32 Å².